The highest BCUT2D eigenvalue weighted by Crippen LogP contribution is 2.37. The van der Waals surface area contributed by atoms with Gasteiger partial charge in [-0.15, -0.1) is 0 Å². The van der Waals surface area contributed by atoms with Crippen molar-refractivity contribution in [3.63, 3.8) is 0 Å². The summed E-state index contributed by atoms with van der Waals surface area (Å²) < 4.78 is 40.0. The second kappa shape index (κ2) is 44.5. The summed E-state index contributed by atoms with van der Waals surface area (Å²) >= 11 is 18.3. The molecule has 12 aromatic rings. The molecule has 7 aromatic carbocycles. The third kappa shape index (κ3) is 24.1. The Morgan fingerprint density at radius 2 is 0.662 bits per heavy atom. The van der Waals surface area contributed by atoms with Crippen molar-refractivity contribution < 1.29 is 86.6 Å². The van der Waals surface area contributed by atoms with Gasteiger partial charge < -0.3 is 56.5 Å². The number of ether oxygens (including phenoxy) is 2. The van der Waals surface area contributed by atoms with Gasteiger partial charge in [0, 0.05) is 106 Å². The second-order valence-electron chi connectivity index (χ2n) is 30.3. The molecule has 0 radical (unpaired) electrons. The fourth-order valence-electron chi connectivity index (χ4n) is 14.2. The number of pyridine rings is 5. The van der Waals surface area contributed by atoms with E-state index in [0.717, 1.165) is 56.6 Å². The molecule has 0 spiro atoms. The lowest BCUT2D eigenvalue weighted by atomic mass is 9.94. The molecule has 17 rings (SSSR count). The van der Waals surface area contributed by atoms with Gasteiger partial charge in [0.1, 0.15) is 47.5 Å². The summed E-state index contributed by atoms with van der Waals surface area (Å²) in [6.45, 7) is 6.59. The van der Waals surface area contributed by atoms with Gasteiger partial charge in [-0.05, 0) is 231 Å². The van der Waals surface area contributed by atoms with E-state index < -0.39 is 23.2 Å². The highest BCUT2D eigenvalue weighted by Gasteiger charge is 2.32. The number of nitrogens with zero attached hydrogens (tertiary/aromatic N) is 5. The highest BCUT2D eigenvalue weighted by atomic mass is 79.9. The van der Waals surface area contributed by atoms with Crippen molar-refractivity contribution in [2.45, 2.75) is 59.2 Å². The number of aryl methyl sites for hydroxylation is 2. The van der Waals surface area contributed by atoms with Gasteiger partial charge in [-0.3, -0.25) is 72.9 Å². The number of allylic oxidation sites excluding steroid dienone is 10. The number of carbonyl (C=O) groups excluding carboxylic acids is 10. The van der Waals surface area contributed by atoms with Crippen LogP contribution in [0.15, 0.2) is 287 Å². The molecule has 5 aromatic heterocycles. The molecule has 0 fully saturated rings. The summed E-state index contributed by atoms with van der Waals surface area (Å²) in [5, 5.41) is 53.3. The molecule has 0 saturated carbocycles. The monoisotopic (exact) mass is 1950 g/mol. The van der Waals surface area contributed by atoms with Crippen LogP contribution in [0.2, 0.25) is 10.0 Å². The van der Waals surface area contributed by atoms with E-state index in [4.69, 9.17) is 37.8 Å². The molecule has 5 heterocycles. The number of ketones is 10. The minimum atomic E-state index is -1.05. The van der Waals surface area contributed by atoms with E-state index in [1.165, 1.54) is 73.6 Å². The van der Waals surface area contributed by atoms with Gasteiger partial charge in [-0.25, -0.2) is 8.78 Å². The molecular formula is C101H80Br2Cl2F2N10O16. The highest BCUT2D eigenvalue weighted by molar-refractivity contribution is 9.11. The zero-order valence-electron chi connectivity index (χ0n) is 70.8. The average Bonchev–Trinajstić information content (AvgIpc) is 0.806. The lowest BCUT2D eigenvalue weighted by molar-refractivity contribution is 0.0974. The Labute approximate surface area is 787 Å². The van der Waals surface area contributed by atoms with Crippen LogP contribution in [0.1, 0.15) is 154 Å². The predicted octanol–water partition coefficient (Wildman–Crippen LogP) is 16.6. The third-order valence-electron chi connectivity index (χ3n) is 21.0. The number of aromatic hydroxyl groups is 4. The van der Waals surface area contributed by atoms with Crippen molar-refractivity contribution in [3.05, 3.63) is 415 Å². The summed E-state index contributed by atoms with van der Waals surface area (Å²) in [4.78, 5) is 143. The molecule has 0 aliphatic heterocycles. The summed E-state index contributed by atoms with van der Waals surface area (Å²) in [5.74, 6) is -4.22. The Kier molecular flexibility index (Phi) is 31.9. The van der Waals surface area contributed by atoms with Gasteiger partial charge in [0.05, 0.1) is 75.3 Å². The maximum Gasteiger partial charge on any atom is 0.228 e. The predicted molar refractivity (Wildman–Crippen MR) is 499 cm³/mol. The normalized spacial score (nSPS) is 13.2. The summed E-state index contributed by atoms with van der Waals surface area (Å²) in [5.41, 5.74) is 11.6. The number of benzene rings is 7. The molecule has 9 N–H and O–H groups in total. The van der Waals surface area contributed by atoms with E-state index in [2.05, 4.69) is 83.4 Å². The van der Waals surface area contributed by atoms with Gasteiger partial charge >= 0.3 is 0 Å². The van der Waals surface area contributed by atoms with Gasteiger partial charge in [0.15, 0.2) is 63.5 Å². The molecule has 5 aliphatic rings. The molecule has 672 valence electrons. The number of Topliss-reactive ketones (excluding diaryl/α,β-unsaturated/α-hetero) is 5. The number of phenols is 4. The standard InChI is InChI=1S/C31H26N2O4.C19H18N2O3.C17H12Br2N2O3.C17H12Cl2N2O3.C17H12F2N2O3/c34-27-19-26(31(35)30-25(27)12-7-16-33-30)32-17-15-22-13-14-28(36-20-23-8-3-1-4-9-23)29(18-22)37-21-24-10-5-2-6-11-24;1-11-8-13(9-12(2)18(11)23)5-7-20-15-10-16(22)14-4-3-6-21-17(14)19(15)24;18-12-5-9(6-13(19)17(12)24)1-4-21-14-7-15(22)10-2-3-20-8-11(10)16(14)23;2*18-11-6-9(7-12(19)16(11)23)3-5-20-13-8-14(22)10-2-1-4-21-15(10)17(13)24/h1-14,16,18-19,32H,15,17,20-21H2;3-4,6,8-10,20,23H,5,7H2,1-2H3;2-3,5-8,21,24H,1,4H2;2*1-2,4,6-8,20,23H,3,5H2. The van der Waals surface area contributed by atoms with Gasteiger partial charge in [-0.1, -0.05) is 102 Å². The summed E-state index contributed by atoms with van der Waals surface area (Å²) in [7, 11) is 0. The van der Waals surface area contributed by atoms with Gasteiger partial charge in [-0.2, -0.15) is 0 Å². The lowest BCUT2D eigenvalue weighted by Crippen LogP contribution is -2.29. The number of aromatic nitrogens is 5. The van der Waals surface area contributed by atoms with Crippen LogP contribution in [-0.4, -0.2) is 136 Å². The van der Waals surface area contributed by atoms with Crippen molar-refractivity contribution in [1.29, 1.82) is 0 Å². The van der Waals surface area contributed by atoms with E-state index >= 15 is 0 Å². The molecule has 5 aliphatic carbocycles. The minimum Gasteiger partial charge on any atom is -0.507 e. The van der Waals surface area contributed by atoms with E-state index in [-0.39, 0.29) is 143 Å². The molecule has 0 saturated heterocycles. The number of nitrogens with one attached hydrogen (secondary N) is 5. The van der Waals surface area contributed by atoms with Crippen LogP contribution in [0.25, 0.3) is 0 Å². The zero-order valence-corrected chi connectivity index (χ0v) is 75.5. The first-order valence-corrected chi connectivity index (χ1v) is 43.6. The van der Waals surface area contributed by atoms with Crippen LogP contribution in [0.5, 0.6) is 34.5 Å². The molecule has 26 nitrogen and oxygen atoms in total. The van der Waals surface area contributed by atoms with Gasteiger partial charge in [0.2, 0.25) is 28.9 Å². The van der Waals surface area contributed by atoms with E-state index in [0.29, 0.717) is 125 Å². The second-order valence-corrected chi connectivity index (χ2v) is 32.8. The molecule has 0 amide bonds. The topological polar surface area (TPSA) is 395 Å². The Morgan fingerprint density at radius 1 is 0.323 bits per heavy atom. The molecule has 0 bridgehead atoms. The quantitative estimate of drug-likeness (QED) is 0.0243. The summed E-state index contributed by atoms with van der Waals surface area (Å²) in [6.07, 6.45) is 17.9. The smallest absolute Gasteiger partial charge is 0.228 e. The average molecular weight is 1960 g/mol. The third-order valence-corrected chi connectivity index (χ3v) is 22.8. The van der Waals surface area contributed by atoms with Crippen LogP contribution >= 0.6 is 55.1 Å². The van der Waals surface area contributed by atoms with Crippen LogP contribution in [-0.2, 0) is 45.3 Å². The SMILES string of the molecule is Cc1cc(CCNC2=CC(=O)c3cccnc3C2=O)cc(C)c1O.O=C1C=C(NCCc2cc(Br)c(O)c(Br)c2)C(=O)c2cnccc21.O=C1C=C(NCCc2cc(Cl)c(O)c(Cl)c2)C(=O)c2ncccc21.O=C1C=C(NCCc2cc(F)c(O)c(F)c2)C(=O)c2ncccc21.O=C1C=C(NCCc2ccc(OCc3ccccc3)c(OCc3ccccc3)c2)C(=O)c2ncccc21. The van der Waals surface area contributed by atoms with E-state index in [9.17, 15) is 72.0 Å². The van der Waals surface area contributed by atoms with Crippen molar-refractivity contribution >= 4 is 113 Å². The van der Waals surface area contributed by atoms with Crippen molar-refractivity contribution in [2.24, 2.45) is 0 Å². The number of rotatable bonds is 26. The number of phenolic OH excluding ortho intramolecular Hbond substituents is 4. The van der Waals surface area contributed by atoms with Gasteiger partial charge in [0.25, 0.3) is 0 Å². The lowest BCUT2D eigenvalue weighted by Gasteiger charge is -2.17. The van der Waals surface area contributed by atoms with Crippen molar-refractivity contribution in [1.82, 2.24) is 51.5 Å². The molecule has 0 atom stereocenters. The molecule has 133 heavy (non-hydrogen) atoms. The number of fused-ring (bicyclic) bond motifs is 5. The Bertz CT molecular complexity index is 6120. The Morgan fingerprint density at radius 3 is 1.05 bits per heavy atom. The van der Waals surface area contributed by atoms with Crippen molar-refractivity contribution in [3.8, 4) is 34.5 Å². The Balaban J connectivity index is 0.000000143. The van der Waals surface area contributed by atoms with Crippen LogP contribution < -0.4 is 36.1 Å². The number of halogens is 6. The first kappa shape index (κ1) is 95.5. The molecule has 0 unspecified atom stereocenters. The fraction of sp³-hybridized carbons (Fsp3) is 0.139. The minimum absolute atomic E-state index is 0.0780. The number of carbonyl (C=O) groups is 10. The van der Waals surface area contributed by atoms with E-state index in [1.807, 2.05) is 117 Å². The van der Waals surface area contributed by atoms with Crippen LogP contribution in [0.4, 0.5) is 8.78 Å². The fourth-order valence-corrected chi connectivity index (χ4v) is 16.0. The summed E-state index contributed by atoms with van der Waals surface area (Å²) in [6, 6.07) is 52.9. The van der Waals surface area contributed by atoms with E-state index in [1.54, 1.807) is 60.7 Å². The first-order valence-electron chi connectivity index (χ1n) is 41.3. The Hall–Kier alpha value is -15.1. The largest absolute Gasteiger partial charge is 0.507 e. The maximum atomic E-state index is 13.3. The first-order chi connectivity index (χ1) is 64.0. The maximum absolute atomic E-state index is 13.3. The van der Waals surface area contributed by atoms with Crippen LogP contribution in [0.3, 0.4) is 0 Å². The zero-order chi connectivity index (χ0) is 94.5. The van der Waals surface area contributed by atoms with Crippen LogP contribution in [0, 0.1) is 25.5 Å². The molecular weight excluding hydrogens is 1880 g/mol. The van der Waals surface area contributed by atoms with Crippen molar-refractivity contribution in [2.75, 3.05) is 32.7 Å². The number of hydrogen-bond donors (Lipinski definition) is 9. The molecule has 32 heteroatoms. The number of hydrogen-bond acceptors (Lipinski definition) is 26.